The predicted octanol–water partition coefficient (Wildman–Crippen LogP) is 1.60. The van der Waals surface area contributed by atoms with Gasteiger partial charge in [0.1, 0.15) is 0 Å². The van der Waals surface area contributed by atoms with Gasteiger partial charge in [-0.25, -0.2) is 0 Å². The quantitative estimate of drug-likeness (QED) is 0.686. The van der Waals surface area contributed by atoms with Gasteiger partial charge >= 0.3 is 0 Å². The number of benzene rings is 1. The lowest BCUT2D eigenvalue weighted by Crippen LogP contribution is -2.28. The fourth-order valence-corrected chi connectivity index (χ4v) is 1.33. The SMILES string of the molecule is O=C1CCCN1Oc1ccccc1. The van der Waals surface area contributed by atoms with Gasteiger partial charge < -0.3 is 4.84 Å². The number of amides is 1. The second kappa shape index (κ2) is 3.47. The maximum atomic E-state index is 11.2. The maximum absolute atomic E-state index is 11.2. The normalized spacial score (nSPS) is 16.3. The Morgan fingerprint density at radius 1 is 1.23 bits per heavy atom. The molecule has 0 radical (unpaired) electrons. The Morgan fingerprint density at radius 2 is 2.00 bits per heavy atom. The molecule has 0 aromatic heterocycles. The van der Waals surface area contributed by atoms with Gasteiger partial charge in [0.2, 0.25) is 0 Å². The molecule has 1 aliphatic heterocycles. The topological polar surface area (TPSA) is 29.5 Å². The monoisotopic (exact) mass is 177 g/mol. The van der Waals surface area contributed by atoms with Crippen molar-refractivity contribution in [2.75, 3.05) is 6.54 Å². The molecular weight excluding hydrogens is 166 g/mol. The highest BCUT2D eigenvalue weighted by atomic mass is 16.7. The van der Waals surface area contributed by atoms with Crippen molar-refractivity contribution in [3.63, 3.8) is 0 Å². The third-order valence-corrected chi connectivity index (χ3v) is 1.99. The van der Waals surface area contributed by atoms with E-state index >= 15 is 0 Å². The van der Waals surface area contributed by atoms with Crippen LogP contribution in [0.3, 0.4) is 0 Å². The van der Waals surface area contributed by atoms with E-state index in [0.29, 0.717) is 13.0 Å². The molecular formula is C10H11NO2. The van der Waals surface area contributed by atoms with Crippen molar-refractivity contribution in [3.8, 4) is 5.75 Å². The molecule has 2 rings (SSSR count). The molecule has 0 atom stereocenters. The molecule has 3 heteroatoms. The first-order valence-electron chi connectivity index (χ1n) is 4.39. The van der Waals surface area contributed by atoms with Gasteiger partial charge in [-0.05, 0) is 18.6 Å². The van der Waals surface area contributed by atoms with E-state index in [9.17, 15) is 4.79 Å². The highest BCUT2D eigenvalue weighted by Gasteiger charge is 2.21. The Morgan fingerprint density at radius 3 is 2.62 bits per heavy atom. The third kappa shape index (κ3) is 1.80. The van der Waals surface area contributed by atoms with E-state index in [4.69, 9.17) is 4.84 Å². The number of carbonyl (C=O) groups excluding carboxylic acids is 1. The van der Waals surface area contributed by atoms with Crippen molar-refractivity contribution in [2.45, 2.75) is 12.8 Å². The van der Waals surface area contributed by atoms with Crippen LogP contribution in [0.25, 0.3) is 0 Å². The molecule has 1 aromatic rings. The lowest BCUT2D eigenvalue weighted by Gasteiger charge is -2.15. The number of carbonyl (C=O) groups is 1. The highest BCUT2D eigenvalue weighted by Crippen LogP contribution is 2.15. The third-order valence-electron chi connectivity index (χ3n) is 1.99. The van der Waals surface area contributed by atoms with E-state index in [1.165, 1.54) is 5.06 Å². The van der Waals surface area contributed by atoms with Crippen molar-refractivity contribution in [2.24, 2.45) is 0 Å². The Labute approximate surface area is 76.9 Å². The summed E-state index contributed by atoms with van der Waals surface area (Å²) in [7, 11) is 0. The lowest BCUT2D eigenvalue weighted by atomic mass is 10.3. The van der Waals surface area contributed by atoms with E-state index in [1.807, 2.05) is 30.3 Å². The average Bonchev–Trinajstić information content (AvgIpc) is 2.54. The largest absolute Gasteiger partial charge is 0.377 e. The van der Waals surface area contributed by atoms with Crippen LogP contribution in [0.1, 0.15) is 12.8 Å². The van der Waals surface area contributed by atoms with Crippen molar-refractivity contribution in [1.29, 1.82) is 0 Å². The fourth-order valence-electron chi connectivity index (χ4n) is 1.33. The van der Waals surface area contributed by atoms with Crippen LogP contribution in [0.2, 0.25) is 0 Å². The fraction of sp³-hybridized carbons (Fsp3) is 0.300. The summed E-state index contributed by atoms with van der Waals surface area (Å²) in [5, 5.41) is 1.43. The zero-order valence-electron chi connectivity index (χ0n) is 7.27. The summed E-state index contributed by atoms with van der Waals surface area (Å²) < 4.78 is 0. The van der Waals surface area contributed by atoms with Crippen LogP contribution in [0, 0.1) is 0 Å². The molecule has 3 nitrogen and oxygen atoms in total. The summed E-state index contributed by atoms with van der Waals surface area (Å²) in [4.78, 5) is 16.6. The Balaban J connectivity index is 2.02. The number of nitrogens with zero attached hydrogens (tertiary/aromatic N) is 1. The van der Waals surface area contributed by atoms with Gasteiger partial charge in [-0.15, -0.1) is 0 Å². The summed E-state index contributed by atoms with van der Waals surface area (Å²) in [5.41, 5.74) is 0. The molecule has 0 saturated carbocycles. The maximum Gasteiger partial charge on any atom is 0.255 e. The van der Waals surface area contributed by atoms with Crippen LogP contribution in [-0.4, -0.2) is 17.5 Å². The minimum Gasteiger partial charge on any atom is -0.377 e. The predicted molar refractivity (Wildman–Crippen MR) is 48.0 cm³/mol. The standard InChI is InChI=1S/C10H11NO2/c12-10-7-4-8-11(10)13-9-5-2-1-3-6-9/h1-3,5-6H,4,7-8H2. The smallest absolute Gasteiger partial charge is 0.255 e. The number of hydroxylamine groups is 2. The number of rotatable bonds is 2. The van der Waals surface area contributed by atoms with Gasteiger partial charge in [-0.2, -0.15) is 5.06 Å². The van der Waals surface area contributed by atoms with Gasteiger partial charge in [0, 0.05) is 6.42 Å². The first kappa shape index (κ1) is 8.10. The second-order valence-electron chi connectivity index (χ2n) is 3.00. The molecule has 1 aliphatic rings. The molecule has 1 amide bonds. The van der Waals surface area contributed by atoms with Crippen LogP contribution in [0.15, 0.2) is 30.3 Å². The molecule has 1 aromatic carbocycles. The zero-order valence-corrected chi connectivity index (χ0v) is 7.27. The Hall–Kier alpha value is -1.51. The molecule has 13 heavy (non-hydrogen) atoms. The van der Waals surface area contributed by atoms with Crippen LogP contribution >= 0.6 is 0 Å². The Bertz CT molecular complexity index is 297. The second-order valence-corrected chi connectivity index (χ2v) is 3.00. The van der Waals surface area contributed by atoms with Crippen molar-refractivity contribution < 1.29 is 9.63 Å². The van der Waals surface area contributed by atoms with E-state index in [-0.39, 0.29) is 5.91 Å². The van der Waals surface area contributed by atoms with Gasteiger partial charge in [-0.3, -0.25) is 4.79 Å². The van der Waals surface area contributed by atoms with Crippen molar-refractivity contribution >= 4 is 5.91 Å². The van der Waals surface area contributed by atoms with Gasteiger partial charge in [0.15, 0.2) is 5.75 Å². The Kier molecular flexibility index (Phi) is 2.17. The molecule has 0 aliphatic carbocycles. The summed E-state index contributed by atoms with van der Waals surface area (Å²) >= 11 is 0. The number of hydrogen-bond donors (Lipinski definition) is 0. The molecule has 1 fully saturated rings. The first-order valence-corrected chi connectivity index (χ1v) is 4.39. The lowest BCUT2D eigenvalue weighted by molar-refractivity contribution is -0.150. The zero-order chi connectivity index (χ0) is 9.10. The molecule has 0 spiro atoms. The molecule has 1 saturated heterocycles. The van der Waals surface area contributed by atoms with Crippen LogP contribution < -0.4 is 4.84 Å². The van der Waals surface area contributed by atoms with Crippen molar-refractivity contribution in [1.82, 2.24) is 5.06 Å². The van der Waals surface area contributed by atoms with Crippen LogP contribution in [0.4, 0.5) is 0 Å². The molecule has 68 valence electrons. The van der Waals surface area contributed by atoms with Gasteiger partial charge in [0.05, 0.1) is 6.54 Å². The van der Waals surface area contributed by atoms with Crippen molar-refractivity contribution in [3.05, 3.63) is 30.3 Å². The van der Waals surface area contributed by atoms with Crippen LogP contribution in [-0.2, 0) is 4.79 Å². The van der Waals surface area contributed by atoms with Gasteiger partial charge in [0.25, 0.3) is 5.91 Å². The molecule has 0 N–H and O–H groups in total. The first-order chi connectivity index (χ1) is 6.36. The summed E-state index contributed by atoms with van der Waals surface area (Å²) in [5.74, 6) is 0.793. The van der Waals surface area contributed by atoms with Gasteiger partial charge in [-0.1, -0.05) is 18.2 Å². The summed E-state index contributed by atoms with van der Waals surface area (Å²) in [6, 6.07) is 9.36. The molecule has 0 bridgehead atoms. The van der Waals surface area contributed by atoms with E-state index in [2.05, 4.69) is 0 Å². The van der Waals surface area contributed by atoms with Crippen LogP contribution in [0.5, 0.6) is 5.75 Å². The summed E-state index contributed by atoms with van der Waals surface area (Å²) in [6.45, 7) is 0.702. The summed E-state index contributed by atoms with van der Waals surface area (Å²) in [6.07, 6.45) is 1.50. The molecule has 0 unspecified atom stereocenters. The highest BCUT2D eigenvalue weighted by molar-refractivity contribution is 5.77. The average molecular weight is 177 g/mol. The molecule has 1 heterocycles. The van der Waals surface area contributed by atoms with E-state index in [1.54, 1.807) is 0 Å². The van der Waals surface area contributed by atoms with E-state index < -0.39 is 0 Å². The minimum atomic E-state index is 0.0730. The minimum absolute atomic E-state index is 0.0730. The van der Waals surface area contributed by atoms with E-state index in [0.717, 1.165) is 12.2 Å². The number of para-hydroxylation sites is 1. The number of hydrogen-bond acceptors (Lipinski definition) is 2.